The molecule has 3 rings (SSSR count). The van der Waals surface area contributed by atoms with Crippen LogP contribution >= 0.6 is 0 Å². The smallest absolute Gasteiger partial charge is 0.497 e. The van der Waals surface area contributed by atoms with E-state index in [0.29, 0.717) is 7.85 Å². The van der Waals surface area contributed by atoms with Gasteiger partial charge in [-0.15, -0.1) is 0 Å². The first kappa shape index (κ1) is 24.4. The molecular formula is C25H30BNaO3. The molecule has 152 valence electrons. The van der Waals surface area contributed by atoms with Crippen LogP contribution in [0.2, 0.25) is 6.32 Å². The molecule has 0 aliphatic carbocycles. The van der Waals surface area contributed by atoms with Crippen LogP contribution in [-0.4, -0.2) is 29.2 Å². The zero-order chi connectivity index (χ0) is 20.7. The Hall–Kier alpha value is -1.88. The second-order valence-corrected chi connectivity index (χ2v) is 6.69. The van der Waals surface area contributed by atoms with Crippen LogP contribution in [0.3, 0.4) is 0 Å². The van der Waals surface area contributed by atoms with E-state index in [1.807, 2.05) is 0 Å². The minimum atomic E-state index is -0.223. The normalized spacial score (nSPS) is 10.8. The molecule has 0 amide bonds. The van der Waals surface area contributed by atoms with Crippen molar-refractivity contribution in [3.8, 4) is 17.2 Å². The van der Waals surface area contributed by atoms with E-state index in [0.717, 1.165) is 23.7 Å². The maximum atomic E-state index is 5.41. The van der Waals surface area contributed by atoms with Gasteiger partial charge in [0.1, 0.15) is 17.2 Å². The van der Waals surface area contributed by atoms with Gasteiger partial charge in [0.05, 0.1) is 21.3 Å². The molecule has 0 spiro atoms. The topological polar surface area (TPSA) is 27.7 Å². The summed E-state index contributed by atoms with van der Waals surface area (Å²) in [5, 5.41) is 0. The number of rotatable bonds is 9. The van der Waals surface area contributed by atoms with Crippen molar-refractivity contribution >= 4 is 7.85 Å². The molecule has 0 saturated carbocycles. The first-order valence-electron chi connectivity index (χ1n) is 9.40. The molecule has 3 aromatic carbocycles. The van der Waals surface area contributed by atoms with Crippen LogP contribution in [0.5, 0.6) is 17.2 Å². The molecule has 0 aliphatic heterocycles. The second kappa shape index (κ2) is 11.5. The third-order valence-electron chi connectivity index (χ3n) is 5.30. The molecule has 0 bridgehead atoms. The zero-order valence-corrected chi connectivity index (χ0v) is 19.8. The van der Waals surface area contributed by atoms with Crippen molar-refractivity contribution in [3.63, 3.8) is 0 Å². The van der Waals surface area contributed by atoms with Gasteiger partial charge in [-0.2, -0.15) is 6.32 Å². The number of hydrogen-bond donors (Lipinski definition) is 0. The minimum absolute atomic E-state index is 0. The monoisotopic (exact) mass is 412 g/mol. The predicted molar refractivity (Wildman–Crippen MR) is 123 cm³/mol. The van der Waals surface area contributed by atoms with Crippen LogP contribution in [0.1, 0.15) is 29.5 Å². The summed E-state index contributed by atoms with van der Waals surface area (Å²) in [6.45, 7) is 0. The molecule has 3 nitrogen and oxygen atoms in total. The first-order valence-corrected chi connectivity index (χ1v) is 9.40. The molecule has 0 aromatic heterocycles. The van der Waals surface area contributed by atoms with Crippen LogP contribution in [0.25, 0.3) is 0 Å². The van der Waals surface area contributed by atoms with E-state index in [2.05, 4.69) is 72.8 Å². The van der Waals surface area contributed by atoms with Crippen LogP contribution < -0.4 is 43.8 Å². The van der Waals surface area contributed by atoms with Gasteiger partial charge in [0.15, 0.2) is 0 Å². The minimum Gasteiger partial charge on any atom is -0.497 e. The molecule has 0 atom stereocenters. The molecule has 0 fully saturated rings. The summed E-state index contributed by atoms with van der Waals surface area (Å²) in [5.74, 6) is 2.63. The first-order chi connectivity index (χ1) is 14.2. The molecule has 0 N–H and O–H groups in total. The Labute approximate surface area is 203 Å². The summed E-state index contributed by atoms with van der Waals surface area (Å²) in [4.78, 5) is 0. The molecule has 0 saturated heterocycles. The number of benzene rings is 3. The van der Waals surface area contributed by atoms with Gasteiger partial charge < -0.3 is 14.2 Å². The molecule has 0 unspecified atom stereocenters. The van der Waals surface area contributed by atoms with Gasteiger partial charge in [0, 0.05) is 5.41 Å². The Bertz CT molecular complexity index is 778. The largest absolute Gasteiger partial charge is 1.00 e. The summed E-state index contributed by atoms with van der Waals surface area (Å²) >= 11 is 0. The van der Waals surface area contributed by atoms with Crippen molar-refractivity contribution in [2.75, 3.05) is 21.3 Å². The molecule has 5 heteroatoms. The maximum Gasteiger partial charge on any atom is 1.00 e. The number of hydrogen-bond acceptors (Lipinski definition) is 3. The Kier molecular flexibility index (Phi) is 9.35. The van der Waals surface area contributed by atoms with Gasteiger partial charge in [-0.25, -0.2) is 0 Å². The van der Waals surface area contributed by atoms with Crippen molar-refractivity contribution in [1.82, 2.24) is 0 Å². The van der Waals surface area contributed by atoms with Gasteiger partial charge in [-0.1, -0.05) is 42.8 Å². The van der Waals surface area contributed by atoms with E-state index in [9.17, 15) is 0 Å². The maximum absolute atomic E-state index is 5.41. The third kappa shape index (κ3) is 5.05. The zero-order valence-electron chi connectivity index (χ0n) is 17.8. The fourth-order valence-electron chi connectivity index (χ4n) is 3.82. The average Bonchev–Trinajstić information content (AvgIpc) is 2.80. The number of methoxy groups -OCH3 is 3. The summed E-state index contributed by atoms with van der Waals surface area (Å²) in [6.07, 6.45) is 3.68. The molecule has 0 heterocycles. The van der Waals surface area contributed by atoms with Crippen molar-refractivity contribution < 1.29 is 43.8 Å². The second-order valence-electron chi connectivity index (χ2n) is 6.69. The quantitative estimate of drug-likeness (QED) is 0.395. The SMILES string of the molecule is [BH3-]CCCC(c1ccc(OC)cc1)(c1ccc(OC)cc1)c1ccc(OC)cc1.[Na+]. The molecule has 3 aromatic rings. The Morgan fingerprint density at radius 2 is 0.900 bits per heavy atom. The summed E-state index contributed by atoms with van der Waals surface area (Å²) < 4.78 is 16.2. The van der Waals surface area contributed by atoms with E-state index in [-0.39, 0.29) is 35.0 Å². The van der Waals surface area contributed by atoms with Gasteiger partial charge >= 0.3 is 29.6 Å². The summed E-state index contributed by atoms with van der Waals surface area (Å²) in [5.41, 5.74) is 3.62. The van der Waals surface area contributed by atoms with E-state index >= 15 is 0 Å². The fraction of sp³-hybridized carbons (Fsp3) is 0.280. The van der Waals surface area contributed by atoms with Crippen LogP contribution in [0, 0.1) is 0 Å². The third-order valence-corrected chi connectivity index (χ3v) is 5.30. The van der Waals surface area contributed by atoms with Crippen LogP contribution in [-0.2, 0) is 5.41 Å². The standard InChI is InChI=1S/C25H30BO3.Na/c1-27-22-11-5-19(6-12-22)25(17-4-18-26,20-7-13-23(28-2)14-8-20)21-9-15-24(29-3)16-10-21;/h5-16H,4,17-18H2,1-3,26H3;/q-1;+1. The molecule has 0 aliphatic rings. The van der Waals surface area contributed by atoms with E-state index in [1.54, 1.807) is 21.3 Å². The Balaban J connectivity index is 0.00000320. The molecule has 30 heavy (non-hydrogen) atoms. The van der Waals surface area contributed by atoms with E-state index < -0.39 is 0 Å². The molecular weight excluding hydrogens is 382 g/mol. The number of ether oxygens (including phenoxy) is 3. The van der Waals surface area contributed by atoms with Crippen molar-refractivity contribution in [1.29, 1.82) is 0 Å². The summed E-state index contributed by atoms with van der Waals surface area (Å²) in [6, 6.07) is 25.6. The summed E-state index contributed by atoms with van der Waals surface area (Å²) in [7, 11) is 5.51. The average molecular weight is 412 g/mol. The Morgan fingerprint density at radius 3 is 1.13 bits per heavy atom. The van der Waals surface area contributed by atoms with Gasteiger partial charge in [-0.05, 0) is 67.4 Å². The van der Waals surface area contributed by atoms with E-state index in [4.69, 9.17) is 14.2 Å². The van der Waals surface area contributed by atoms with Crippen LogP contribution in [0.15, 0.2) is 72.8 Å². The fourth-order valence-corrected chi connectivity index (χ4v) is 3.82. The van der Waals surface area contributed by atoms with Crippen molar-refractivity contribution in [3.05, 3.63) is 89.5 Å². The predicted octanol–water partition coefficient (Wildman–Crippen LogP) is 1.61. The van der Waals surface area contributed by atoms with Crippen molar-refractivity contribution in [2.45, 2.75) is 24.6 Å². The Morgan fingerprint density at radius 1 is 0.600 bits per heavy atom. The van der Waals surface area contributed by atoms with E-state index in [1.165, 1.54) is 29.4 Å². The van der Waals surface area contributed by atoms with Crippen LogP contribution in [0.4, 0.5) is 0 Å². The van der Waals surface area contributed by atoms with Gasteiger partial charge in [0.25, 0.3) is 0 Å². The van der Waals surface area contributed by atoms with Gasteiger partial charge in [0.2, 0.25) is 0 Å². The molecule has 0 radical (unpaired) electrons. The van der Waals surface area contributed by atoms with Crippen molar-refractivity contribution in [2.24, 2.45) is 0 Å². The van der Waals surface area contributed by atoms with Gasteiger partial charge in [-0.3, -0.25) is 0 Å².